The number of ether oxygens (including phenoxy) is 2. The zero-order valence-electron chi connectivity index (χ0n) is 18.4. The van der Waals surface area contributed by atoms with Crippen molar-refractivity contribution in [3.63, 3.8) is 0 Å². The van der Waals surface area contributed by atoms with Crippen molar-refractivity contribution in [2.75, 3.05) is 7.11 Å². The van der Waals surface area contributed by atoms with Gasteiger partial charge in [0.2, 0.25) is 0 Å². The van der Waals surface area contributed by atoms with E-state index in [1.165, 1.54) is 0 Å². The highest BCUT2D eigenvalue weighted by Gasteiger charge is 2.35. The zero-order valence-corrected chi connectivity index (χ0v) is 18.4. The summed E-state index contributed by atoms with van der Waals surface area (Å²) in [7, 11) is 1.64. The molecule has 0 fully saturated rings. The van der Waals surface area contributed by atoms with Crippen LogP contribution in [0.15, 0.2) is 83.8 Å². The van der Waals surface area contributed by atoms with Crippen LogP contribution in [-0.2, 0) is 14.3 Å². The van der Waals surface area contributed by atoms with Gasteiger partial charge < -0.3 is 14.8 Å². The van der Waals surface area contributed by atoms with Crippen LogP contribution in [0.4, 0.5) is 0 Å². The van der Waals surface area contributed by atoms with E-state index in [2.05, 4.69) is 18.5 Å². The Morgan fingerprint density at radius 3 is 2.68 bits per heavy atom. The first-order valence-electron chi connectivity index (χ1n) is 10.4. The Balaban J connectivity index is 1.78. The minimum atomic E-state index is -0.462. The maximum Gasteiger partial charge on any atom is 0.336 e. The van der Waals surface area contributed by atoms with Gasteiger partial charge in [-0.05, 0) is 37.5 Å². The number of rotatable bonds is 7. The van der Waals surface area contributed by atoms with Gasteiger partial charge in [0, 0.05) is 35.7 Å². The van der Waals surface area contributed by atoms with Gasteiger partial charge in [-0.1, -0.05) is 49.6 Å². The molecule has 3 rings (SSSR count). The molecular formula is C26H29NO4. The first-order chi connectivity index (χ1) is 14.9. The average Bonchev–Trinajstić information content (AvgIpc) is 2.76. The van der Waals surface area contributed by atoms with Gasteiger partial charge >= 0.3 is 5.97 Å². The van der Waals surface area contributed by atoms with Crippen molar-refractivity contribution < 1.29 is 19.1 Å². The largest absolute Gasteiger partial charge is 0.496 e. The van der Waals surface area contributed by atoms with Gasteiger partial charge in [-0.3, -0.25) is 4.79 Å². The SMILES string of the molecule is C=C/C=C(\C=C)[C@H](C)OC(=O)C1=C(C)NC2=C(C1)C(=O)C[C@H](c1ccccc1OC)C2. The molecule has 5 heteroatoms. The van der Waals surface area contributed by atoms with Crippen LogP contribution in [0.25, 0.3) is 0 Å². The molecular weight excluding hydrogens is 390 g/mol. The molecule has 1 N–H and O–H groups in total. The van der Waals surface area contributed by atoms with Crippen LogP contribution >= 0.6 is 0 Å². The summed E-state index contributed by atoms with van der Waals surface area (Å²) >= 11 is 0. The van der Waals surface area contributed by atoms with Crippen molar-refractivity contribution in [3.05, 3.63) is 89.3 Å². The fraction of sp³-hybridized carbons (Fsp3) is 0.308. The second-order valence-corrected chi connectivity index (χ2v) is 7.79. The second-order valence-electron chi connectivity index (χ2n) is 7.79. The number of hydrogen-bond donors (Lipinski definition) is 1. The molecule has 0 unspecified atom stereocenters. The first-order valence-corrected chi connectivity index (χ1v) is 10.4. The smallest absolute Gasteiger partial charge is 0.336 e. The average molecular weight is 420 g/mol. The van der Waals surface area contributed by atoms with Crippen LogP contribution in [0.3, 0.4) is 0 Å². The number of carbonyl (C=O) groups is 2. The molecule has 1 aromatic carbocycles. The van der Waals surface area contributed by atoms with Crippen LogP contribution in [0.5, 0.6) is 5.75 Å². The summed E-state index contributed by atoms with van der Waals surface area (Å²) in [5.74, 6) is 0.445. The number of para-hydroxylation sites is 1. The molecule has 31 heavy (non-hydrogen) atoms. The Kier molecular flexibility index (Phi) is 6.95. The Morgan fingerprint density at radius 1 is 1.26 bits per heavy atom. The van der Waals surface area contributed by atoms with Crippen LogP contribution in [0.2, 0.25) is 0 Å². The third-order valence-electron chi connectivity index (χ3n) is 5.85. The van der Waals surface area contributed by atoms with Crippen LogP contribution in [0.1, 0.15) is 44.6 Å². The van der Waals surface area contributed by atoms with Crippen LogP contribution in [0, 0.1) is 0 Å². The Bertz CT molecular complexity index is 1010. The standard InChI is InChI=1S/C26H29NO4/c1-6-10-18(7-2)17(4)31-26(29)21-15-22-23(27-16(21)3)13-19(14-24(22)28)20-11-8-9-12-25(20)30-5/h6-12,17,19,27H,1-2,13-15H2,3-5H3/b18-10+/t17-,19+/m0/s1. The summed E-state index contributed by atoms with van der Waals surface area (Å²) in [6.45, 7) is 11.1. The number of dihydropyridines is 1. The summed E-state index contributed by atoms with van der Waals surface area (Å²) in [4.78, 5) is 25.8. The molecule has 2 aliphatic rings. The number of carbonyl (C=O) groups excluding carboxylic acids is 2. The van der Waals surface area contributed by atoms with Gasteiger partial charge in [-0.15, -0.1) is 0 Å². The van der Waals surface area contributed by atoms with E-state index >= 15 is 0 Å². The van der Waals surface area contributed by atoms with E-state index in [-0.39, 0.29) is 18.1 Å². The monoisotopic (exact) mass is 419 g/mol. The lowest BCUT2D eigenvalue weighted by Gasteiger charge is -2.32. The molecule has 1 aliphatic heterocycles. The topological polar surface area (TPSA) is 64.6 Å². The third-order valence-corrected chi connectivity index (χ3v) is 5.85. The molecule has 0 amide bonds. The van der Waals surface area contributed by atoms with Crippen molar-refractivity contribution in [2.45, 2.75) is 45.1 Å². The molecule has 0 bridgehead atoms. The molecule has 2 atom stereocenters. The van der Waals surface area contributed by atoms with Gasteiger partial charge in [-0.25, -0.2) is 4.79 Å². The fourth-order valence-corrected chi connectivity index (χ4v) is 4.15. The van der Waals surface area contributed by atoms with Crippen molar-refractivity contribution in [1.29, 1.82) is 0 Å². The number of ketones is 1. The molecule has 5 nitrogen and oxygen atoms in total. The van der Waals surface area contributed by atoms with E-state index in [9.17, 15) is 9.59 Å². The quantitative estimate of drug-likeness (QED) is 0.503. The summed E-state index contributed by atoms with van der Waals surface area (Å²) < 4.78 is 11.1. The van der Waals surface area contributed by atoms with Crippen molar-refractivity contribution in [1.82, 2.24) is 5.32 Å². The molecule has 1 aromatic rings. The predicted octanol–water partition coefficient (Wildman–Crippen LogP) is 4.89. The van der Waals surface area contributed by atoms with Crippen molar-refractivity contribution >= 4 is 11.8 Å². The van der Waals surface area contributed by atoms with E-state index in [0.717, 1.165) is 28.3 Å². The van der Waals surface area contributed by atoms with E-state index in [0.29, 0.717) is 24.0 Å². The summed E-state index contributed by atoms with van der Waals surface area (Å²) in [5.41, 5.74) is 4.54. The molecule has 0 aromatic heterocycles. The van der Waals surface area contributed by atoms with E-state index in [1.54, 1.807) is 32.3 Å². The third kappa shape index (κ3) is 4.71. The number of Topliss-reactive ketones (excluding diaryl/α,β-unsaturated/α-hetero) is 1. The van der Waals surface area contributed by atoms with Crippen LogP contribution in [-0.4, -0.2) is 25.0 Å². The molecule has 0 saturated carbocycles. The zero-order chi connectivity index (χ0) is 22.5. The number of benzene rings is 1. The number of esters is 1. The normalized spacial score (nSPS) is 19.9. The van der Waals surface area contributed by atoms with Crippen molar-refractivity contribution in [2.24, 2.45) is 0 Å². The maximum absolute atomic E-state index is 13.0. The summed E-state index contributed by atoms with van der Waals surface area (Å²) in [6, 6.07) is 7.80. The lowest BCUT2D eigenvalue weighted by atomic mass is 9.78. The minimum absolute atomic E-state index is 0.0374. The van der Waals surface area contributed by atoms with Crippen LogP contribution < -0.4 is 10.1 Å². The summed E-state index contributed by atoms with van der Waals surface area (Å²) in [6.07, 6.45) is 5.94. The van der Waals surface area contributed by atoms with E-state index < -0.39 is 12.1 Å². The Hall–Kier alpha value is -3.34. The minimum Gasteiger partial charge on any atom is -0.496 e. The predicted molar refractivity (Wildman–Crippen MR) is 121 cm³/mol. The van der Waals surface area contributed by atoms with Gasteiger partial charge in [0.25, 0.3) is 0 Å². The van der Waals surface area contributed by atoms with Gasteiger partial charge in [-0.2, -0.15) is 0 Å². The van der Waals surface area contributed by atoms with Gasteiger partial charge in [0.15, 0.2) is 5.78 Å². The number of hydrogen-bond acceptors (Lipinski definition) is 5. The summed E-state index contributed by atoms with van der Waals surface area (Å²) in [5, 5.41) is 3.30. The Morgan fingerprint density at radius 2 is 2.00 bits per heavy atom. The molecule has 1 aliphatic carbocycles. The number of nitrogens with one attached hydrogen (secondary N) is 1. The second kappa shape index (κ2) is 9.65. The highest BCUT2D eigenvalue weighted by molar-refractivity contribution is 6.01. The van der Waals surface area contributed by atoms with E-state index in [4.69, 9.17) is 9.47 Å². The fourth-order valence-electron chi connectivity index (χ4n) is 4.15. The first kappa shape index (κ1) is 22.3. The molecule has 0 radical (unpaired) electrons. The van der Waals surface area contributed by atoms with Crippen molar-refractivity contribution in [3.8, 4) is 5.75 Å². The van der Waals surface area contributed by atoms with E-state index in [1.807, 2.05) is 31.2 Å². The maximum atomic E-state index is 13.0. The highest BCUT2D eigenvalue weighted by Crippen LogP contribution is 2.41. The number of allylic oxidation sites excluding steroid dienone is 5. The lowest BCUT2D eigenvalue weighted by Crippen LogP contribution is -2.32. The Labute approximate surface area is 183 Å². The molecule has 162 valence electrons. The molecule has 0 saturated heterocycles. The lowest BCUT2D eigenvalue weighted by molar-refractivity contribution is -0.142. The molecule has 1 heterocycles. The molecule has 0 spiro atoms. The number of methoxy groups -OCH3 is 1. The van der Waals surface area contributed by atoms with Gasteiger partial charge in [0.1, 0.15) is 11.9 Å². The highest BCUT2D eigenvalue weighted by atomic mass is 16.5. The van der Waals surface area contributed by atoms with Gasteiger partial charge in [0.05, 0.1) is 12.7 Å².